The highest BCUT2D eigenvalue weighted by Gasteiger charge is 2.04. The molecule has 0 aliphatic rings. The van der Waals surface area contributed by atoms with Gasteiger partial charge in [0.05, 0.1) is 0 Å². The first-order chi connectivity index (χ1) is 7.63. The van der Waals surface area contributed by atoms with E-state index in [1.807, 2.05) is 0 Å². The molecule has 0 aliphatic heterocycles. The molecule has 1 unspecified atom stereocenters. The Bertz CT molecular complexity index is 328. The Hall–Kier alpha value is -0.600. The molecule has 0 aromatic heterocycles. The van der Waals surface area contributed by atoms with Gasteiger partial charge in [0, 0.05) is 11.1 Å². The second-order valence-electron chi connectivity index (χ2n) is 4.18. The van der Waals surface area contributed by atoms with Crippen molar-refractivity contribution in [2.45, 2.75) is 45.1 Å². The number of nitrogens with two attached hydrogens (primary N) is 1. The summed E-state index contributed by atoms with van der Waals surface area (Å²) < 4.78 is 13.0. The van der Waals surface area contributed by atoms with Gasteiger partial charge in [-0.2, -0.15) is 0 Å². The van der Waals surface area contributed by atoms with E-state index >= 15 is 0 Å². The molecule has 1 aromatic rings. The minimum Gasteiger partial charge on any atom is -0.328 e. The zero-order chi connectivity index (χ0) is 12.0. The van der Waals surface area contributed by atoms with Gasteiger partial charge >= 0.3 is 0 Å². The maximum Gasteiger partial charge on any atom is 0.123 e. The van der Waals surface area contributed by atoms with Crippen LogP contribution >= 0.6 is 11.6 Å². The molecule has 1 rings (SSSR count). The molecule has 0 radical (unpaired) electrons. The molecule has 0 saturated carbocycles. The molecule has 3 heteroatoms. The first-order valence-corrected chi connectivity index (χ1v) is 6.20. The fraction of sp³-hybridized carbons (Fsp3) is 0.538. The average Bonchev–Trinajstić information content (AvgIpc) is 2.23. The van der Waals surface area contributed by atoms with Gasteiger partial charge in [0.15, 0.2) is 0 Å². The van der Waals surface area contributed by atoms with Crippen molar-refractivity contribution < 1.29 is 4.39 Å². The third-order valence-electron chi connectivity index (χ3n) is 2.69. The number of hydrogen-bond acceptors (Lipinski definition) is 1. The Morgan fingerprint density at radius 2 is 2.12 bits per heavy atom. The van der Waals surface area contributed by atoms with Crippen molar-refractivity contribution in [3.63, 3.8) is 0 Å². The minimum atomic E-state index is -0.225. The standard InChI is InChI=1S/C13H19ClFN/c1-2-4-12(16)6-3-5-10-9-11(15)7-8-13(10)14/h7-9,12H,2-6,16H2,1H3. The quantitative estimate of drug-likeness (QED) is 0.805. The lowest BCUT2D eigenvalue weighted by atomic mass is 10.0. The maximum absolute atomic E-state index is 13.0. The molecule has 0 aliphatic carbocycles. The number of aryl methyl sites for hydroxylation is 1. The van der Waals surface area contributed by atoms with Crippen LogP contribution in [0.25, 0.3) is 0 Å². The molecule has 0 bridgehead atoms. The zero-order valence-electron chi connectivity index (χ0n) is 9.68. The number of benzene rings is 1. The van der Waals surface area contributed by atoms with Crippen LogP contribution in [0.1, 0.15) is 38.2 Å². The van der Waals surface area contributed by atoms with Crippen molar-refractivity contribution in [3.05, 3.63) is 34.6 Å². The highest BCUT2D eigenvalue weighted by atomic mass is 35.5. The van der Waals surface area contributed by atoms with Gasteiger partial charge in [-0.05, 0) is 49.4 Å². The van der Waals surface area contributed by atoms with Crippen LogP contribution in [-0.2, 0) is 6.42 Å². The smallest absolute Gasteiger partial charge is 0.123 e. The predicted octanol–water partition coefficient (Wildman–Crippen LogP) is 3.93. The van der Waals surface area contributed by atoms with E-state index < -0.39 is 0 Å². The van der Waals surface area contributed by atoms with Crippen molar-refractivity contribution in [1.29, 1.82) is 0 Å². The van der Waals surface area contributed by atoms with Crippen molar-refractivity contribution in [1.82, 2.24) is 0 Å². The van der Waals surface area contributed by atoms with E-state index in [4.69, 9.17) is 17.3 Å². The van der Waals surface area contributed by atoms with Gasteiger partial charge in [-0.15, -0.1) is 0 Å². The molecule has 0 spiro atoms. The monoisotopic (exact) mass is 243 g/mol. The molecule has 16 heavy (non-hydrogen) atoms. The van der Waals surface area contributed by atoms with Gasteiger partial charge in [0.25, 0.3) is 0 Å². The second kappa shape index (κ2) is 6.87. The van der Waals surface area contributed by atoms with Gasteiger partial charge in [0.1, 0.15) is 5.82 Å². The fourth-order valence-electron chi connectivity index (χ4n) is 1.80. The molecular formula is C13H19ClFN. The fourth-order valence-corrected chi connectivity index (χ4v) is 2.02. The highest BCUT2D eigenvalue weighted by Crippen LogP contribution is 2.19. The number of halogens is 2. The van der Waals surface area contributed by atoms with E-state index in [0.29, 0.717) is 5.02 Å². The van der Waals surface area contributed by atoms with Gasteiger partial charge in [-0.1, -0.05) is 24.9 Å². The summed E-state index contributed by atoms with van der Waals surface area (Å²) in [5, 5.41) is 0.644. The summed E-state index contributed by atoms with van der Waals surface area (Å²) in [6, 6.07) is 4.76. The maximum atomic E-state index is 13.0. The number of hydrogen-bond donors (Lipinski definition) is 1. The SMILES string of the molecule is CCCC(N)CCCc1cc(F)ccc1Cl. The predicted molar refractivity (Wildman–Crippen MR) is 67.2 cm³/mol. The Morgan fingerprint density at radius 3 is 2.81 bits per heavy atom. The Balaban J connectivity index is 2.39. The second-order valence-corrected chi connectivity index (χ2v) is 4.58. The largest absolute Gasteiger partial charge is 0.328 e. The van der Waals surface area contributed by atoms with E-state index in [0.717, 1.165) is 37.7 Å². The lowest BCUT2D eigenvalue weighted by molar-refractivity contribution is 0.538. The molecule has 0 amide bonds. The lowest BCUT2D eigenvalue weighted by Gasteiger charge is -2.10. The van der Waals surface area contributed by atoms with E-state index in [1.165, 1.54) is 12.1 Å². The third-order valence-corrected chi connectivity index (χ3v) is 3.06. The molecule has 1 nitrogen and oxygen atoms in total. The summed E-state index contributed by atoms with van der Waals surface area (Å²) >= 11 is 5.97. The van der Waals surface area contributed by atoms with Crippen LogP contribution in [0.5, 0.6) is 0 Å². The summed E-state index contributed by atoms with van der Waals surface area (Å²) in [6.07, 6.45) is 4.90. The van der Waals surface area contributed by atoms with Crippen LogP contribution in [0.3, 0.4) is 0 Å². The first-order valence-electron chi connectivity index (χ1n) is 5.83. The Labute approximate surface area is 102 Å². The summed E-state index contributed by atoms with van der Waals surface area (Å²) in [6.45, 7) is 2.13. The Morgan fingerprint density at radius 1 is 1.38 bits per heavy atom. The van der Waals surface area contributed by atoms with Crippen LogP contribution in [0.15, 0.2) is 18.2 Å². The molecule has 0 fully saturated rings. The highest BCUT2D eigenvalue weighted by molar-refractivity contribution is 6.31. The van der Waals surface area contributed by atoms with Crippen molar-refractivity contribution in [3.8, 4) is 0 Å². The van der Waals surface area contributed by atoms with Crippen LogP contribution in [0.4, 0.5) is 4.39 Å². The van der Waals surface area contributed by atoms with Crippen LogP contribution in [0, 0.1) is 5.82 Å². The third kappa shape index (κ3) is 4.50. The molecule has 2 N–H and O–H groups in total. The van der Waals surface area contributed by atoms with Gasteiger partial charge in [0.2, 0.25) is 0 Å². The Kier molecular flexibility index (Phi) is 5.78. The van der Waals surface area contributed by atoms with Crippen molar-refractivity contribution >= 4 is 11.6 Å². The normalized spacial score (nSPS) is 12.8. The lowest BCUT2D eigenvalue weighted by Crippen LogP contribution is -2.19. The average molecular weight is 244 g/mol. The van der Waals surface area contributed by atoms with E-state index in [1.54, 1.807) is 6.07 Å². The molecule has 90 valence electrons. The minimum absolute atomic E-state index is 0.225. The topological polar surface area (TPSA) is 26.0 Å². The van der Waals surface area contributed by atoms with Gasteiger partial charge in [-0.3, -0.25) is 0 Å². The van der Waals surface area contributed by atoms with Gasteiger partial charge in [-0.25, -0.2) is 4.39 Å². The number of rotatable bonds is 6. The van der Waals surface area contributed by atoms with Crippen LogP contribution in [-0.4, -0.2) is 6.04 Å². The molecular weight excluding hydrogens is 225 g/mol. The summed E-state index contributed by atoms with van der Waals surface area (Å²) in [4.78, 5) is 0. The zero-order valence-corrected chi connectivity index (χ0v) is 10.4. The van der Waals surface area contributed by atoms with Crippen molar-refractivity contribution in [2.75, 3.05) is 0 Å². The molecule has 1 aromatic carbocycles. The molecule has 0 heterocycles. The summed E-state index contributed by atoms with van der Waals surface area (Å²) in [7, 11) is 0. The van der Waals surface area contributed by atoms with E-state index in [2.05, 4.69) is 6.92 Å². The van der Waals surface area contributed by atoms with E-state index in [-0.39, 0.29) is 11.9 Å². The van der Waals surface area contributed by atoms with E-state index in [9.17, 15) is 4.39 Å². The van der Waals surface area contributed by atoms with Crippen molar-refractivity contribution in [2.24, 2.45) is 5.73 Å². The molecule has 0 saturated heterocycles. The molecule has 1 atom stereocenters. The first kappa shape index (κ1) is 13.5. The summed E-state index contributed by atoms with van der Waals surface area (Å²) in [5.41, 5.74) is 6.79. The van der Waals surface area contributed by atoms with Crippen LogP contribution in [0.2, 0.25) is 5.02 Å². The van der Waals surface area contributed by atoms with Gasteiger partial charge < -0.3 is 5.73 Å². The summed E-state index contributed by atoms with van der Waals surface area (Å²) in [5.74, 6) is -0.225. The van der Waals surface area contributed by atoms with Crippen LogP contribution < -0.4 is 5.73 Å².